The van der Waals surface area contributed by atoms with Crippen LogP contribution in [0.2, 0.25) is 0 Å². The van der Waals surface area contributed by atoms with Gasteiger partial charge in [-0.1, -0.05) is 48.5 Å². The fourth-order valence-electron chi connectivity index (χ4n) is 5.22. The summed E-state index contributed by atoms with van der Waals surface area (Å²) >= 11 is 3.40. The average molecular weight is 469 g/mol. The van der Waals surface area contributed by atoms with E-state index in [1.165, 1.54) is 31.6 Å². The summed E-state index contributed by atoms with van der Waals surface area (Å²) in [6.45, 7) is 7.55. The highest BCUT2D eigenvalue weighted by molar-refractivity contribution is 7.21. The summed E-state index contributed by atoms with van der Waals surface area (Å²) < 4.78 is 2.40. The normalized spacial score (nSPS) is 16.1. The highest BCUT2D eigenvalue weighted by Gasteiger charge is 2.32. The van der Waals surface area contributed by atoms with E-state index in [0.717, 1.165) is 15.0 Å². The van der Waals surface area contributed by atoms with E-state index in [9.17, 15) is 10.1 Å². The van der Waals surface area contributed by atoms with Crippen molar-refractivity contribution in [3.05, 3.63) is 105 Å². The maximum Gasteiger partial charge on any atom is 0.270 e. The number of benzene rings is 4. The molecule has 0 unspecified atom stereocenters. The van der Waals surface area contributed by atoms with Crippen molar-refractivity contribution in [1.82, 2.24) is 0 Å². The highest BCUT2D eigenvalue weighted by atomic mass is 32.1. The molecule has 2 heterocycles. The van der Waals surface area contributed by atoms with Gasteiger partial charge in [0.25, 0.3) is 5.70 Å². The first-order chi connectivity index (χ1) is 16.7. The second-order valence-electron chi connectivity index (χ2n) is 8.23. The molecule has 1 aliphatic rings. The van der Waals surface area contributed by atoms with Gasteiger partial charge < -0.3 is 0 Å². The van der Waals surface area contributed by atoms with Crippen molar-refractivity contribution in [1.29, 1.82) is 5.26 Å². The number of hydrogen-bond acceptors (Lipinski definition) is 4. The lowest BCUT2D eigenvalue weighted by molar-refractivity contribution is 0.104. The van der Waals surface area contributed by atoms with Crippen LogP contribution in [-0.2, 0) is 0 Å². The summed E-state index contributed by atoms with van der Waals surface area (Å²) in [6.07, 6.45) is 1.90. The fourth-order valence-corrected chi connectivity index (χ4v) is 7.39. The predicted molar refractivity (Wildman–Crippen MR) is 141 cm³/mol. The first-order valence-corrected chi connectivity index (χ1v) is 12.4. The zero-order chi connectivity index (χ0) is 23.0. The third-order valence-corrected chi connectivity index (χ3v) is 8.64. The van der Waals surface area contributed by atoms with E-state index in [2.05, 4.69) is 46.6 Å². The smallest absolute Gasteiger partial charge is 0.270 e. The number of carbonyl (C=O) groups excluding carboxylic acids is 1. The largest absolute Gasteiger partial charge is 0.289 e. The van der Waals surface area contributed by atoms with Crippen LogP contribution >= 0.6 is 22.7 Å². The molecule has 0 amide bonds. The minimum absolute atomic E-state index is 0.0535. The van der Waals surface area contributed by atoms with Gasteiger partial charge in [0.1, 0.15) is 0 Å². The van der Waals surface area contributed by atoms with Gasteiger partial charge in [-0.3, -0.25) is 4.79 Å². The van der Waals surface area contributed by atoms with E-state index in [1.807, 2.05) is 30.3 Å². The standard InChI is InChI=1S/C29H12N2OS2/c1-31-21(13-30)25-15-6-2-3-7-17(15)29(32)19(25)12-24-28-18-9-5-10-22-26(18)20(14-33-22)16-8-4-11-23(34-24)27(16)28/h2-12,14H/b19-12-,25-21+. The van der Waals surface area contributed by atoms with Crippen LogP contribution in [0.3, 0.4) is 0 Å². The van der Waals surface area contributed by atoms with E-state index in [-0.39, 0.29) is 11.5 Å². The Kier molecular flexibility index (Phi) is 3.87. The summed E-state index contributed by atoms with van der Waals surface area (Å²) in [6, 6.07) is 22.0. The molecule has 1 aliphatic carbocycles. The first kappa shape index (κ1) is 19.2. The van der Waals surface area contributed by atoms with Gasteiger partial charge in [0.05, 0.1) is 12.6 Å². The molecule has 0 bridgehead atoms. The molecule has 0 fully saturated rings. The van der Waals surface area contributed by atoms with E-state index in [0.29, 0.717) is 22.3 Å². The van der Waals surface area contributed by atoms with E-state index >= 15 is 0 Å². The summed E-state index contributed by atoms with van der Waals surface area (Å²) in [4.78, 5) is 17.9. The molecule has 7 rings (SSSR count). The van der Waals surface area contributed by atoms with Crippen molar-refractivity contribution in [2.45, 2.75) is 0 Å². The van der Waals surface area contributed by atoms with Crippen molar-refractivity contribution in [2.24, 2.45) is 0 Å². The zero-order valence-electron chi connectivity index (χ0n) is 17.5. The van der Waals surface area contributed by atoms with Gasteiger partial charge in [-0.15, -0.1) is 22.7 Å². The molecular weight excluding hydrogens is 456 g/mol. The monoisotopic (exact) mass is 468 g/mol. The van der Waals surface area contributed by atoms with Crippen LogP contribution in [0.4, 0.5) is 0 Å². The van der Waals surface area contributed by atoms with Crippen LogP contribution < -0.4 is 0 Å². The molecule has 5 heteroatoms. The molecule has 0 radical (unpaired) electrons. The van der Waals surface area contributed by atoms with Crippen LogP contribution in [0.1, 0.15) is 20.8 Å². The van der Waals surface area contributed by atoms with Gasteiger partial charge in [0.15, 0.2) is 5.78 Å². The number of ketones is 1. The van der Waals surface area contributed by atoms with Crippen LogP contribution in [-0.4, -0.2) is 5.78 Å². The number of fused-ring (bicyclic) bond motifs is 3. The predicted octanol–water partition coefficient (Wildman–Crippen LogP) is 8.29. The molecule has 0 N–H and O–H groups in total. The Labute approximate surface area is 202 Å². The third kappa shape index (κ3) is 2.35. The maximum atomic E-state index is 13.5. The molecule has 4 aromatic carbocycles. The number of rotatable bonds is 1. The summed E-state index contributed by atoms with van der Waals surface area (Å²) in [5.41, 5.74) is 2.00. The Balaban J connectivity index is 1.64. The third-order valence-electron chi connectivity index (χ3n) is 6.59. The molecule has 0 spiro atoms. The molecule has 2 aromatic heterocycles. The number of thiophene rings is 2. The minimum atomic E-state index is -0.142. The van der Waals surface area contributed by atoms with Gasteiger partial charge in [0, 0.05) is 52.5 Å². The van der Waals surface area contributed by atoms with Gasteiger partial charge in [0.2, 0.25) is 0 Å². The minimum Gasteiger partial charge on any atom is -0.289 e. The summed E-state index contributed by atoms with van der Waals surface area (Å²) in [5, 5.41) is 19.1. The second-order valence-corrected chi connectivity index (χ2v) is 10.2. The topological polar surface area (TPSA) is 45.2 Å². The first-order valence-electron chi connectivity index (χ1n) is 10.7. The quantitative estimate of drug-likeness (QED) is 0.105. The van der Waals surface area contributed by atoms with Crippen LogP contribution in [0.15, 0.2) is 77.3 Å². The molecule has 3 nitrogen and oxygen atoms in total. The number of hydrogen-bond donors (Lipinski definition) is 0. The average Bonchev–Trinajstić information content (AvgIpc) is 3.54. The fraction of sp³-hybridized carbons (Fsp3) is 0. The molecule has 0 saturated heterocycles. The van der Waals surface area contributed by atoms with Gasteiger partial charge >= 0.3 is 0 Å². The Morgan fingerprint density at radius 2 is 1.65 bits per heavy atom. The maximum absolute atomic E-state index is 13.5. The molecule has 34 heavy (non-hydrogen) atoms. The van der Waals surface area contributed by atoms with Crippen molar-refractivity contribution >= 4 is 81.8 Å². The molecular formula is C29H12N2OS2. The molecule has 0 atom stereocenters. The molecule has 0 saturated carbocycles. The lowest BCUT2D eigenvalue weighted by Gasteiger charge is -2.07. The van der Waals surface area contributed by atoms with E-state index < -0.39 is 0 Å². The summed E-state index contributed by atoms with van der Waals surface area (Å²) in [5.74, 6) is -0.142. The molecule has 156 valence electrons. The Hall–Kier alpha value is -4.29. The van der Waals surface area contributed by atoms with Crippen LogP contribution in [0.5, 0.6) is 0 Å². The van der Waals surface area contributed by atoms with Crippen molar-refractivity contribution in [3.8, 4) is 6.07 Å². The Morgan fingerprint density at radius 3 is 2.44 bits per heavy atom. The number of Topliss-reactive ketones (excluding diaryl/α,β-unsaturated/α-hetero) is 1. The molecule has 0 aliphatic heterocycles. The van der Waals surface area contributed by atoms with Crippen LogP contribution in [0.25, 0.3) is 58.2 Å². The lowest BCUT2D eigenvalue weighted by Crippen LogP contribution is -1.95. The number of nitrogens with zero attached hydrogens (tertiary/aromatic N) is 2. The van der Waals surface area contributed by atoms with Crippen LogP contribution in [0, 0.1) is 17.9 Å². The SMILES string of the molecule is [C-]#[N+]/C(C#N)=C1/C(=C/c2sc3cccc4c5csc6cccc(c2c34)c65)C(=O)c2ccccc21. The van der Waals surface area contributed by atoms with Gasteiger partial charge in [-0.25, -0.2) is 10.1 Å². The van der Waals surface area contributed by atoms with Crippen molar-refractivity contribution in [3.63, 3.8) is 0 Å². The second kappa shape index (κ2) is 6.85. The molecule has 6 aromatic rings. The van der Waals surface area contributed by atoms with Crippen molar-refractivity contribution < 1.29 is 4.79 Å². The zero-order valence-corrected chi connectivity index (χ0v) is 19.2. The van der Waals surface area contributed by atoms with Gasteiger partial charge in [-0.2, -0.15) is 0 Å². The lowest BCUT2D eigenvalue weighted by atomic mass is 9.95. The Bertz CT molecular complexity index is 1990. The summed E-state index contributed by atoms with van der Waals surface area (Å²) in [7, 11) is 0. The van der Waals surface area contributed by atoms with E-state index in [4.69, 9.17) is 6.57 Å². The Morgan fingerprint density at radius 1 is 0.882 bits per heavy atom. The number of carbonyl (C=O) groups is 1. The van der Waals surface area contributed by atoms with Gasteiger partial charge in [-0.05, 0) is 39.9 Å². The van der Waals surface area contributed by atoms with E-state index in [1.54, 1.807) is 28.7 Å². The number of allylic oxidation sites excluding steroid dienone is 3. The highest BCUT2D eigenvalue weighted by Crippen LogP contribution is 2.48. The van der Waals surface area contributed by atoms with Crippen molar-refractivity contribution in [2.75, 3.05) is 0 Å². The number of nitriles is 1.